The van der Waals surface area contributed by atoms with Gasteiger partial charge in [0.05, 0.1) is 17.6 Å². The summed E-state index contributed by atoms with van der Waals surface area (Å²) in [7, 11) is -3.38. The molecular formula is C33H58O3Si2. The summed E-state index contributed by atoms with van der Waals surface area (Å²) >= 11 is 0. The van der Waals surface area contributed by atoms with Crippen molar-refractivity contribution in [2.24, 2.45) is 23.2 Å². The molecule has 0 aromatic rings. The molecule has 1 aliphatic carbocycles. The van der Waals surface area contributed by atoms with Crippen molar-refractivity contribution in [3.05, 3.63) is 23.3 Å². The minimum absolute atomic E-state index is 0.0581. The number of aldehydes is 1. The minimum Gasteiger partial charge on any atom is -0.416 e. The smallest absolute Gasteiger partial charge is 0.200 e. The van der Waals surface area contributed by atoms with Crippen molar-refractivity contribution in [3.63, 3.8) is 0 Å². The molecule has 216 valence electrons. The summed E-state index contributed by atoms with van der Waals surface area (Å²) in [5.74, 6) is 4.49. The second-order valence-corrected chi connectivity index (χ2v) is 24.5. The molecule has 0 unspecified atom stereocenters. The molecule has 0 radical (unpaired) electrons. The molecule has 38 heavy (non-hydrogen) atoms. The fourth-order valence-electron chi connectivity index (χ4n) is 7.66. The summed E-state index contributed by atoms with van der Waals surface area (Å²) in [6, 6.07) is 0. The topological polar surface area (TPSA) is 35.5 Å². The first-order chi connectivity index (χ1) is 17.6. The van der Waals surface area contributed by atoms with Crippen LogP contribution in [0.25, 0.3) is 0 Å². The molecule has 0 aromatic carbocycles. The van der Waals surface area contributed by atoms with Gasteiger partial charge in [-0.15, -0.1) is 11.5 Å². The van der Waals surface area contributed by atoms with Gasteiger partial charge >= 0.3 is 0 Å². The van der Waals surface area contributed by atoms with Gasteiger partial charge in [-0.25, -0.2) is 0 Å². The number of carbonyl (C=O) groups excluding carboxylic acids is 1. The van der Waals surface area contributed by atoms with Crippen LogP contribution in [-0.2, 0) is 14.0 Å². The van der Waals surface area contributed by atoms with Gasteiger partial charge in [0, 0.05) is 18.9 Å². The SMILES string of the molecule is CC1=CC[C@H](C(C)C)[C@H]2[C@H](/C(C)=C\CCO[Si](C(C)C)(C(C)C)C(C)C)O[C@H](CC#C[Si](C)(C)C)[C@@]12C=O. The van der Waals surface area contributed by atoms with E-state index in [-0.39, 0.29) is 18.1 Å². The Bertz CT molecular complexity index is 906. The van der Waals surface area contributed by atoms with Crippen molar-refractivity contribution in [2.75, 3.05) is 6.61 Å². The molecule has 0 spiro atoms. The van der Waals surface area contributed by atoms with Crippen LogP contribution >= 0.6 is 0 Å². The summed E-state index contributed by atoms with van der Waals surface area (Å²) in [6.07, 6.45) is 8.13. The Morgan fingerprint density at radius 2 is 1.68 bits per heavy atom. The van der Waals surface area contributed by atoms with Gasteiger partial charge in [0.1, 0.15) is 14.4 Å². The Morgan fingerprint density at radius 1 is 1.11 bits per heavy atom. The van der Waals surface area contributed by atoms with E-state index in [1.807, 2.05) is 0 Å². The maximum absolute atomic E-state index is 13.0. The maximum atomic E-state index is 13.0. The average molecular weight is 559 g/mol. The molecule has 0 N–H and O–H groups in total. The number of carbonyl (C=O) groups is 1. The zero-order valence-electron chi connectivity index (χ0n) is 26.9. The number of rotatable bonds is 11. The highest BCUT2D eigenvalue weighted by Gasteiger charge is 2.61. The molecule has 5 atom stereocenters. The molecule has 1 fully saturated rings. The summed E-state index contributed by atoms with van der Waals surface area (Å²) in [5.41, 5.74) is 7.09. The molecule has 0 amide bonds. The predicted molar refractivity (Wildman–Crippen MR) is 168 cm³/mol. The number of fused-ring (bicyclic) bond motifs is 1. The largest absolute Gasteiger partial charge is 0.416 e. The van der Waals surface area contributed by atoms with Crippen LogP contribution in [0, 0.1) is 34.6 Å². The van der Waals surface area contributed by atoms with Crippen molar-refractivity contribution in [1.29, 1.82) is 0 Å². The van der Waals surface area contributed by atoms with E-state index in [0.29, 0.717) is 34.9 Å². The second-order valence-electron chi connectivity index (χ2n) is 14.3. The second kappa shape index (κ2) is 13.2. The molecule has 0 aromatic heterocycles. The van der Waals surface area contributed by atoms with Gasteiger partial charge < -0.3 is 14.0 Å². The third kappa shape index (κ3) is 6.68. The summed E-state index contributed by atoms with van der Waals surface area (Å²) < 4.78 is 13.7. The normalized spacial score (nSPS) is 28.6. The van der Waals surface area contributed by atoms with Crippen molar-refractivity contribution < 1.29 is 14.0 Å². The number of ether oxygens (including phenoxy) is 1. The van der Waals surface area contributed by atoms with E-state index in [9.17, 15) is 4.79 Å². The molecule has 0 bridgehead atoms. The molecule has 5 heteroatoms. The lowest BCUT2D eigenvalue weighted by Crippen LogP contribution is -2.48. The third-order valence-corrected chi connectivity index (χ3v) is 16.5. The van der Waals surface area contributed by atoms with Crippen LogP contribution in [0.1, 0.15) is 88.5 Å². The highest BCUT2D eigenvalue weighted by molar-refractivity contribution is 6.83. The number of allylic oxidation sites excluding steroid dienone is 1. The predicted octanol–water partition coefficient (Wildman–Crippen LogP) is 8.98. The quantitative estimate of drug-likeness (QED) is 0.0834. The van der Waals surface area contributed by atoms with E-state index in [1.165, 1.54) is 17.4 Å². The standard InChI is InChI=1S/C33H58O3Si2/c1-23(2)29-19-18-28(10)33(22-34)30(17-15-21-37(11,12)13)36-32(31(29)33)27(9)16-14-20-35-38(24(3)4,25(5)6)26(7)8/h16,18,22-26,29-32H,14,17,19-20H2,1-13H3/b27-16-/t29-,30-,31+,32+,33-/m1/s1. The van der Waals surface area contributed by atoms with Gasteiger partial charge in [0.2, 0.25) is 0 Å². The highest BCUT2D eigenvalue weighted by atomic mass is 28.4. The Kier molecular flexibility index (Phi) is 11.5. The molecule has 1 aliphatic heterocycles. The molecule has 1 heterocycles. The fourth-order valence-corrected chi connectivity index (χ4v) is 13.8. The average Bonchev–Trinajstić information content (AvgIpc) is 3.13. The third-order valence-electron chi connectivity index (χ3n) is 9.46. The molecular weight excluding hydrogens is 501 g/mol. The summed E-state index contributed by atoms with van der Waals surface area (Å²) in [5, 5.41) is 0. The fraction of sp³-hybridized carbons (Fsp3) is 0.788. The van der Waals surface area contributed by atoms with E-state index in [4.69, 9.17) is 9.16 Å². The first kappa shape index (κ1) is 33.3. The summed E-state index contributed by atoms with van der Waals surface area (Å²) in [6.45, 7) is 30.5. The van der Waals surface area contributed by atoms with Crippen molar-refractivity contribution in [2.45, 2.75) is 137 Å². The van der Waals surface area contributed by atoms with Gasteiger partial charge in [-0.05, 0) is 60.7 Å². The van der Waals surface area contributed by atoms with Crippen LogP contribution in [0.3, 0.4) is 0 Å². The Balaban J connectivity index is 2.37. The van der Waals surface area contributed by atoms with Crippen molar-refractivity contribution in [1.82, 2.24) is 0 Å². The summed E-state index contributed by atoms with van der Waals surface area (Å²) in [4.78, 5) is 13.0. The van der Waals surface area contributed by atoms with E-state index in [2.05, 4.69) is 112 Å². The monoisotopic (exact) mass is 558 g/mol. The molecule has 0 saturated carbocycles. The van der Waals surface area contributed by atoms with E-state index in [0.717, 1.165) is 19.4 Å². The highest BCUT2D eigenvalue weighted by Crippen LogP contribution is 2.58. The van der Waals surface area contributed by atoms with Gasteiger partial charge in [-0.3, -0.25) is 0 Å². The minimum atomic E-state index is -1.88. The van der Waals surface area contributed by atoms with Crippen LogP contribution in [0.2, 0.25) is 36.3 Å². The molecule has 3 nitrogen and oxygen atoms in total. The van der Waals surface area contributed by atoms with Gasteiger partial charge in [-0.2, -0.15) is 0 Å². The lowest BCUT2D eigenvalue weighted by Gasteiger charge is -2.44. The van der Waals surface area contributed by atoms with Crippen LogP contribution in [0.4, 0.5) is 0 Å². The van der Waals surface area contributed by atoms with Crippen molar-refractivity contribution >= 4 is 22.7 Å². The lowest BCUT2D eigenvalue weighted by atomic mass is 9.56. The van der Waals surface area contributed by atoms with E-state index in [1.54, 1.807) is 0 Å². The zero-order valence-corrected chi connectivity index (χ0v) is 28.9. The van der Waals surface area contributed by atoms with E-state index >= 15 is 0 Å². The van der Waals surface area contributed by atoms with Crippen LogP contribution in [-0.4, -0.2) is 41.5 Å². The number of hydrogen-bond donors (Lipinski definition) is 0. The maximum Gasteiger partial charge on any atom is 0.200 e. The Hall–Kier alpha value is -0.936. The molecule has 2 rings (SSSR count). The zero-order chi connectivity index (χ0) is 29.1. The van der Waals surface area contributed by atoms with E-state index < -0.39 is 21.8 Å². The molecule has 1 saturated heterocycles. The van der Waals surface area contributed by atoms with Crippen LogP contribution in [0.5, 0.6) is 0 Å². The first-order valence-electron chi connectivity index (χ1n) is 15.2. The molecule has 2 aliphatic rings. The Morgan fingerprint density at radius 3 is 2.16 bits per heavy atom. The van der Waals surface area contributed by atoms with Gasteiger partial charge in [0.25, 0.3) is 0 Å². The van der Waals surface area contributed by atoms with Crippen molar-refractivity contribution in [3.8, 4) is 11.5 Å². The van der Waals surface area contributed by atoms with Crippen LogP contribution in [0.15, 0.2) is 23.3 Å². The first-order valence-corrected chi connectivity index (χ1v) is 20.8. The van der Waals surface area contributed by atoms with Gasteiger partial charge in [0.15, 0.2) is 8.32 Å². The Labute approximate surface area is 237 Å². The lowest BCUT2D eigenvalue weighted by molar-refractivity contribution is -0.119. The van der Waals surface area contributed by atoms with Crippen LogP contribution < -0.4 is 0 Å². The van der Waals surface area contributed by atoms with Gasteiger partial charge in [-0.1, -0.05) is 92.8 Å². The number of hydrogen-bond acceptors (Lipinski definition) is 3.